The molecule has 0 rings (SSSR count). The molecule has 7 nitrogen and oxygen atoms in total. The third-order valence-electron chi connectivity index (χ3n) is 2.30. The lowest BCUT2D eigenvalue weighted by Crippen LogP contribution is -2.30. The predicted octanol–water partition coefficient (Wildman–Crippen LogP) is -0.0738. The zero-order valence-corrected chi connectivity index (χ0v) is 13.3. The first-order valence-electron chi connectivity index (χ1n) is 7.47. The Bertz CT molecular complexity index is 239. The minimum atomic E-state index is 0.0103. The summed E-state index contributed by atoms with van der Waals surface area (Å²) in [5.74, 6) is 0.0103. The molecule has 0 unspecified atom stereocenters. The van der Waals surface area contributed by atoms with Gasteiger partial charge in [0.2, 0.25) is 5.91 Å². The Morgan fingerprint density at radius 1 is 0.857 bits per heavy atom. The zero-order valence-electron chi connectivity index (χ0n) is 13.3. The van der Waals surface area contributed by atoms with Crippen molar-refractivity contribution in [3.63, 3.8) is 0 Å². The minimum absolute atomic E-state index is 0.0103. The van der Waals surface area contributed by atoms with Gasteiger partial charge in [-0.2, -0.15) is 0 Å². The lowest BCUT2D eigenvalue weighted by molar-refractivity contribution is -0.122. The van der Waals surface area contributed by atoms with Gasteiger partial charge in [-0.15, -0.1) is 0 Å². The maximum Gasteiger partial charge on any atom is 0.222 e. The molecule has 0 atom stereocenters. The van der Waals surface area contributed by atoms with Crippen molar-refractivity contribution in [3.8, 4) is 0 Å². The van der Waals surface area contributed by atoms with Gasteiger partial charge < -0.3 is 30.0 Å². The number of rotatable bonds is 15. The van der Waals surface area contributed by atoms with Crippen LogP contribution in [0.15, 0.2) is 0 Å². The van der Waals surface area contributed by atoms with Gasteiger partial charge >= 0.3 is 0 Å². The van der Waals surface area contributed by atoms with E-state index in [0.29, 0.717) is 65.8 Å². The Morgan fingerprint density at radius 3 is 1.71 bits per heavy atom. The van der Waals surface area contributed by atoms with Crippen LogP contribution in [-0.4, -0.2) is 71.3 Å². The zero-order chi connectivity index (χ0) is 15.8. The van der Waals surface area contributed by atoms with E-state index < -0.39 is 0 Å². The Balaban J connectivity index is 3.07. The number of nitrogens with two attached hydrogens (primary N) is 1. The molecule has 0 aliphatic rings. The van der Waals surface area contributed by atoms with Gasteiger partial charge in [0.25, 0.3) is 0 Å². The Hall–Kier alpha value is -0.730. The molecule has 0 aromatic heterocycles. The molecule has 0 saturated carbocycles. The van der Waals surface area contributed by atoms with Gasteiger partial charge in [-0.05, 0) is 13.8 Å². The molecule has 0 saturated heterocycles. The molecule has 3 N–H and O–H groups in total. The Kier molecular flexibility index (Phi) is 15.1. The van der Waals surface area contributed by atoms with Crippen molar-refractivity contribution >= 4 is 5.91 Å². The molecule has 7 heteroatoms. The highest BCUT2D eigenvalue weighted by Gasteiger charge is 2.02. The summed E-state index contributed by atoms with van der Waals surface area (Å²) in [5, 5.41) is 2.80. The molecule has 21 heavy (non-hydrogen) atoms. The van der Waals surface area contributed by atoms with Gasteiger partial charge in [0.15, 0.2) is 0 Å². The summed E-state index contributed by atoms with van der Waals surface area (Å²) in [4.78, 5) is 11.3. The third kappa shape index (κ3) is 17.2. The van der Waals surface area contributed by atoms with Crippen molar-refractivity contribution < 1.29 is 23.7 Å². The van der Waals surface area contributed by atoms with Gasteiger partial charge in [-0.1, -0.05) is 0 Å². The molecular weight excluding hydrogens is 276 g/mol. The highest BCUT2D eigenvalue weighted by atomic mass is 16.6. The number of carbonyl (C=O) groups excluding carboxylic acids is 1. The molecular formula is C14H30N2O5. The van der Waals surface area contributed by atoms with Crippen LogP contribution >= 0.6 is 0 Å². The molecule has 0 heterocycles. The van der Waals surface area contributed by atoms with Crippen LogP contribution in [0.1, 0.15) is 20.3 Å². The number of carbonyl (C=O) groups is 1. The van der Waals surface area contributed by atoms with Crippen LogP contribution in [0, 0.1) is 0 Å². The minimum Gasteiger partial charge on any atom is -0.379 e. The molecule has 0 aromatic rings. The standard InChI is InChI=1S/C14H30N2O5/c1-13(2)16-14(17)3-5-18-7-9-20-11-12-21-10-8-19-6-4-15/h13H,3-12,15H2,1-2H3,(H,16,17). The van der Waals surface area contributed by atoms with Crippen LogP contribution in [0.2, 0.25) is 0 Å². The van der Waals surface area contributed by atoms with Gasteiger partial charge in [-0.25, -0.2) is 0 Å². The van der Waals surface area contributed by atoms with Gasteiger partial charge in [0.1, 0.15) is 0 Å². The van der Waals surface area contributed by atoms with Crippen molar-refractivity contribution in [1.82, 2.24) is 5.32 Å². The number of nitrogens with one attached hydrogen (secondary N) is 1. The van der Waals surface area contributed by atoms with Crippen LogP contribution < -0.4 is 11.1 Å². The first-order valence-corrected chi connectivity index (χ1v) is 7.47. The number of ether oxygens (including phenoxy) is 4. The maximum absolute atomic E-state index is 11.3. The second kappa shape index (κ2) is 15.7. The first kappa shape index (κ1) is 20.3. The summed E-state index contributed by atoms with van der Waals surface area (Å²) in [7, 11) is 0. The largest absolute Gasteiger partial charge is 0.379 e. The van der Waals surface area contributed by atoms with Crippen molar-refractivity contribution in [2.75, 3.05) is 59.4 Å². The van der Waals surface area contributed by atoms with E-state index in [9.17, 15) is 4.79 Å². The normalized spacial score (nSPS) is 11.0. The summed E-state index contributed by atoms with van der Waals surface area (Å²) in [6.07, 6.45) is 0.379. The van der Waals surface area contributed by atoms with Crippen molar-refractivity contribution in [2.45, 2.75) is 26.3 Å². The van der Waals surface area contributed by atoms with Gasteiger partial charge in [-0.3, -0.25) is 4.79 Å². The van der Waals surface area contributed by atoms with E-state index in [0.717, 1.165) is 0 Å². The molecule has 0 aromatic carbocycles. The Labute approximate surface area is 127 Å². The van der Waals surface area contributed by atoms with E-state index in [1.165, 1.54) is 0 Å². The second-order valence-corrected chi connectivity index (χ2v) is 4.71. The van der Waals surface area contributed by atoms with Crippen molar-refractivity contribution in [2.24, 2.45) is 5.73 Å². The molecule has 0 aliphatic heterocycles. The highest BCUT2D eigenvalue weighted by Crippen LogP contribution is 1.87. The summed E-state index contributed by atoms with van der Waals surface area (Å²) < 4.78 is 21.1. The number of hydrogen-bond donors (Lipinski definition) is 2. The molecule has 0 bridgehead atoms. The summed E-state index contributed by atoms with van der Waals surface area (Å²) in [6, 6.07) is 0.168. The lowest BCUT2D eigenvalue weighted by atomic mass is 10.3. The van der Waals surface area contributed by atoms with Crippen LogP contribution in [0.3, 0.4) is 0 Å². The highest BCUT2D eigenvalue weighted by molar-refractivity contribution is 5.76. The smallest absolute Gasteiger partial charge is 0.222 e. The molecule has 0 fully saturated rings. The van der Waals surface area contributed by atoms with E-state index in [1.54, 1.807) is 0 Å². The van der Waals surface area contributed by atoms with E-state index in [2.05, 4.69) is 5.32 Å². The molecule has 0 aliphatic carbocycles. The van der Waals surface area contributed by atoms with Crippen LogP contribution in [0.5, 0.6) is 0 Å². The van der Waals surface area contributed by atoms with E-state index in [-0.39, 0.29) is 11.9 Å². The lowest BCUT2D eigenvalue weighted by Gasteiger charge is -2.09. The molecule has 1 amide bonds. The number of hydrogen-bond acceptors (Lipinski definition) is 6. The topological polar surface area (TPSA) is 92.0 Å². The van der Waals surface area contributed by atoms with Crippen LogP contribution in [0.25, 0.3) is 0 Å². The van der Waals surface area contributed by atoms with Crippen LogP contribution in [0.4, 0.5) is 0 Å². The van der Waals surface area contributed by atoms with Crippen molar-refractivity contribution in [3.05, 3.63) is 0 Å². The quantitative estimate of drug-likeness (QED) is 0.411. The predicted molar refractivity (Wildman–Crippen MR) is 80.2 cm³/mol. The average molecular weight is 306 g/mol. The fraction of sp³-hybridized carbons (Fsp3) is 0.929. The molecule has 0 radical (unpaired) electrons. The molecule has 0 spiro atoms. The van der Waals surface area contributed by atoms with E-state index >= 15 is 0 Å². The van der Waals surface area contributed by atoms with Gasteiger partial charge in [0.05, 0.1) is 52.9 Å². The fourth-order valence-electron chi connectivity index (χ4n) is 1.40. The molecule has 126 valence electrons. The van der Waals surface area contributed by atoms with E-state index in [4.69, 9.17) is 24.7 Å². The van der Waals surface area contributed by atoms with Crippen LogP contribution in [-0.2, 0) is 23.7 Å². The monoisotopic (exact) mass is 306 g/mol. The van der Waals surface area contributed by atoms with Gasteiger partial charge in [0, 0.05) is 19.0 Å². The maximum atomic E-state index is 11.3. The summed E-state index contributed by atoms with van der Waals surface area (Å²) in [6.45, 7) is 8.50. The second-order valence-electron chi connectivity index (χ2n) is 4.71. The summed E-state index contributed by atoms with van der Waals surface area (Å²) >= 11 is 0. The third-order valence-corrected chi connectivity index (χ3v) is 2.30. The summed E-state index contributed by atoms with van der Waals surface area (Å²) in [5.41, 5.74) is 5.28. The fourth-order valence-corrected chi connectivity index (χ4v) is 1.40. The number of amides is 1. The van der Waals surface area contributed by atoms with Crippen molar-refractivity contribution in [1.29, 1.82) is 0 Å². The SMILES string of the molecule is CC(C)NC(=O)CCOCCOCCOCCOCCN. The Morgan fingerprint density at radius 2 is 1.29 bits per heavy atom. The first-order chi connectivity index (χ1) is 10.2. The average Bonchev–Trinajstić information content (AvgIpc) is 2.43. The van der Waals surface area contributed by atoms with E-state index in [1.807, 2.05) is 13.8 Å².